The maximum Gasteiger partial charge on any atom is 0.174 e. The normalized spacial score (nSPS) is 19.5. The molecule has 2 fully saturated rings. The number of ether oxygens (including phenoxy) is 1. The van der Waals surface area contributed by atoms with Crippen LogP contribution in [0.2, 0.25) is 5.02 Å². The van der Waals surface area contributed by atoms with E-state index in [1.807, 2.05) is 30.5 Å². The zero-order valence-electron chi connectivity index (χ0n) is 24.0. The van der Waals surface area contributed by atoms with Crippen molar-refractivity contribution in [3.05, 3.63) is 101 Å². The average molecular weight is 586 g/mol. The molecule has 2 aromatic carbocycles. The Morgan fingerprint density at radius 2 is 1.78 bits per heavy atom. The number of hydrogen-bond donors (Lipinski definition) is 1. The first-order valence-corrected chi connectivity index (χ1v) is 15.0. The first kappa shape index (κ1) is 27.6. The molecular weight excluding hydrogens is 550 g/mol. The van der Waals surface area contributed by atoms with E-state index in [2.05, 4.69) is 82.9 Å². The predicted molar refractivity (Wildman–Crippen MR) is 172 cm³/mol. The fourth-order valence-electron chi connectivity index (χ4n) is 6.33. The molecule has 212 valence electrons. The number of thiocarbonyl (C=S) groups is 1. The fraction of sp³-hybridized carbons (Fsp3) is 0.333. The molecule has 6 nitrogen and oxygen atoms in total. The number of aromatic nitrogens is 2. The summed E-state index contributed by atoms with van der Waals surface area (Å²) in [6.45, 7) is 8.70. The SMILES string of the molecule is COc1cccc(-n2c(C)cc([C@@H]3[C@H](c4ccccn4)NC(=S)N3c3ccc(N4CCC(C)CC4)c(Cl)c3)c2C)c1. The molecule has 2 aliphatic heterocycles. The highest BCUT2D eigenvalue weighted by atomic mass is 35.5. The van der Waals surface area contributed by atoms with Crippen LogP contribution in [-0.4, -0.2) is 34.9 Å². The molecule has 0 amide bonds. The maximum atomic E-state index is 6.98. The molecule has 4 aromatic rings. The van der Waals surface area contributed by atoms with Crippen molar-refractivity contribution < 1.29 is 4.74 Å². The Hall–Kier alpha value is -3.55. The quantitative estimate of drug-likeness (QED) is 0.236. The van der Waals surface area contributed by atoms with Gasteiger partial charge in [0, 0.05) is 48.1 Å². The standard InChI is InChI=1S/C33H36ClN5OS/c1-21-13-16-37(17-14-21)30-12-11-25(20-28(30)34)39-32(31(36-33(39)41)29-10-5-6-15-35-29)27-18-22(2)38(23(27)3)24-8-7-9-26(19-24)40-4/h5-12,15,18-21,31-32H,13-14,16-17H2,1-4H3,(H,36,41)/t31-,32+/m0/s1. The van der Waals surface area contributed by atoms with Crippen molar-refractivity contribution in [2.24, 2.45) is 5.92 Å². The van der Waals surface area contributed by atoms with Gasteiger partial charge in [0.2, 0.25) is 0 Å². The summed E-state index contributed by atoms with van der Waals surface area (Å²) in [6, 6.07) is 22.6. The minimum Gasteiger partial charge on any atom is -0.497 e. The third-order valence-corrected chi connectivity index (χ3v) is 9.15. The molecule has 0 aliphatic carbocycles. The third kappa shape index (κ3) is 5.17. The van der Waals surface area contributed by atoms with E-state index in [0.717, 1.165) is 63.9 Å². The highest BCUT2D eigenvalue weighted by Gasteiger charge is 2.42. The van der Waals surface area contributed by atoms with E-state index in [9.17, 15) is 0 Å². The van der Waals surface area contributed by atoms with Crippen LogP contribution < -0.4 is 19.9 Å². The number of nitrogens with one attached hydrogen (secondary N) is 1. The Balaban J connectivity index is 1.44. The predicted octanol–water partition coefficient (Wildman–Crippen LogP) is 7.56. The molecule has 2 atom stereocenters. The molecule has 2 saturated heterocycles. The van der Waals surface area contributed by atoms with Gasteiger partial charge >= 0.3 is 0 Å². The summed E-state index contributed by atoms with van der Waals surface area (Å²) >= 11 is 13.0. The number of aryl methyl sites for hydroxylation is 1. The summed E-state index contributed by atoms with van der Waals surface area (Å²) in [5, 5.41) is 5.01. The van der Waals surface area contributed by atoms with Gasteiger partial charge in [0.15, 0.2) is 5.11 Å². The number of pyridine rings is 1. The second-order valence-corrected chi connectivity index (χ2v) is 12.0. The smallest absolute Gasteiger partial charge is 0.174 e. The molecule has 2 aromatic heterocycles. The number of benzene rings is 2. The molecule has 8 heteroatoms. The first-order valence-electron chi connectivity index (χ1n) is 14.2. The van der Waals surface area contributed by atoms with Crippen molar-refractivity contribution in [1.82, 2.24) is 14.9 Å². The lowest BCUT2D eigenvalue weighted by atomic mass is 9.96. The van der Waals surface area contributed by atoms with Gasteiger partial charge in [-0.05, 0) is 98.9 Å². The molecule has 0 spiro atoms. The van der Waals surface area contributed by atoms with Gasteiger partial charge in [-0.1, -0.05) is 30.7 Å². The molecular formula is C33H36ClN5OS. The van der Waals surface area contributed by atoms with Gasteiger partial charge in [0.1, 0.15) is 5.75 Å². The molecule has 6 rings (SSSR count). The van der Waals surface area contributed by atoms with Crippen molar-refractivity contribution >= 4 is 40.3 Å². The van der Waals surface area contributed by atoms with E-state index in [1.54, 1.807) is 7.11 Å². The average Bonchev–Trinajstić information content (AvgIpc) is 3.48. The third-order valence-electron chi connectivity index (χ3n) is 8.53. The second-order valence-electron chi connectivity index (χ2n) is 11.2. The van der Waals surface area contributed by atoms with Crippen LogP contribution >= 0.6 is 23.8 Å². The van der Waals surface area contributed by atoms with E-state index in [1.165, 1.54) is 18.4 Å². The van der Waals surface area contributed by atoms with Crippen molar-refractivity contribution in [2.75, 3.05) is 30.0 Å². The maximum absolute atomic E-state index is 6.98. The highest BCUT2D eigenvalue weighted by Crippen LogP contribution is 2.45. The molecule has 0 bridgehead atoms. The second kappa shape index (κ2) is 11.4. The molecule has 4 heterocycles. The van der Waals surface area contributed by atoms with Crippen LogP contribution in [0.5, 0.6) is 5.75 Å². The largest absolute Gasteiger partial charge is 0.497 e. The lowest BCUT2D eigenvalue weighted by molar-refractivity contribution is 0.414. The van der Waals surface area contributed by atoms with Crippen LogP contribution in [0.1, 0.15) is 54.5 Å². The molecule has 41 heavy (non-hydrogen) atoms. The number of nitrogens with zero attached hydrogens (tertiary/aromatic N) is 4. The van der Waals surface area contributed by atoms with Crippen molar-refractivity contribution in [1.29, 1.82) is 0 Å². The van der Waals surface area contributed by atoms with Crippen LogP contribution in [0.3, 0.4) is 0 Å². The van der Waals surface area contributed by atoms with Gasteiger partial charge in [0.25, 0.3) is 0 Å². The Labute approximate surface area is 252 Å². The fourth-order valence-corrected chi connectivity index (χ4v) is 6.97. The minimum absolute atomic E-state index is 0.124. The zero-order valence-corrected chi connectivity index (χ0v) is 25.5. The monoisotopic (exact) mass is 585 g/mol. The van der Waals surface area contributed by atoms with E-state index >= 15 is 0 Å². The van der Waals surface area contributed by atoms with Crippen LogP contribution in [0.15, 0.2) is 72.9 Å². The molecule has 2 aliphatic rings. The van der Waals surface area contributed by atoms with Crippen molar-refractivity contribution in [3.63, 3.8) is 0 Å². The number of halogens is 1. The van der Waals surface area contributed by atoms with Crippen LogP contribution in [0, 0.1) is 19.8 Å². The summed E-state index contributed by atoms with van der Waals surface area (Å²) in [7, 11) is 1.70. The van der Waals surface area contributed by atoms with E-state index < -0.39 is 0 Å². The minimum atomic E-state index is -0.134. The van der Waals surface area contributed by atoms with Gasteiger partial charge in [-0.25, -0.2) is 0 Å². The summed E-state index contributed by atoms with van der Waals surface area (Å²) in [5.74, 6) is 1.59. The van der Waals surface area contributed by atoms with Crippen LogP contribution in [0.25, 0.3) is 5.69 Å². The van der Waals surface area contributed by atoms with E-state index in [0.29, 0.717) is 5.11 Å². The lowest BCUT2D eigenvalue weighted by Gasteiger charge is -2.33. The zero-order chi connectivity index (χ0) is 28.7. The summed E-state index contributed by atoms with van der Waals surface area (Å²) in [6.07, 6.45) is 4.22. The molecule has 0 saturated carbocycles. The van der Waals surface area contributed by atoms with Gasteiger partial charge in [-0.3, -0.25) is 4.98 Å². The Morgan fingerprint density at radius 1 is 0.976 bits per heavy atom. The molecule has 1 N–H and O–H groups in total. The van der Waals surface area contributed by atoms with E-state index in [4.69, 9.17) is 33.5 Å². The van der Waals surface area contributed by atoms with Crippen LogP contribution in [-0.2, 0) is 0 Å². The van der Waals surface area contributed by atoms with Gasteiger partial charge in [0.05, 0.1) is 35.6 Å². The number of hydrogen-bond acceptors (Lipinski definition) is 4. The first-order chi connectivity index (χ1) is 19.9. The van der Waals surface area contributed by atoms with Crippen molar-refractivity contribution in [2.45, 2.75) is 45.7 Å². The number of rotatable bonds is 6. The number of piperidine rings is 1. The van der Waals surface area contributed by atoms with Gasteiger partial charge in [-0.2, -0.15) is 0 Å². The summed E-state index contributed by atoms with van der Waals surface area (Å²) in [5.41, 5.74) is 7.52. The van der Waals surface area contributed by atoms with Gasteiger partial charge in [-0.15, -0.1) is 0 Å². The van der Waals surface area contributed by atoms with Crippen molar-refractivity contribution in [3.8, 4) is 11.4 Å². The van der Waals surface area contributed by atoms with E-state index in [-0.39, 0.29) is 12.1 Å². The summed E-state index contributed by atoms with van der Waals surface area (Å²) in [4.78, 5) is 9.35. The summed E-state index contributed by atoms with van der Waals surface area (Å²) < 4.78 is 7.80. The van der Waals surface area contributed by atoms with Crippen LogP contribution in [0.4, 0.5) is 11.4 Å². The molecule has 0 radical (unpaired) electrons. The Morgan fingerprint density at radius 3 is 2.49 bits per heavy atom. The number of methoxy groups -OCH3 is 1. The topological polar surface area (TPSA) is 45.6 Å². The van der Waals surface area contributed by atoms with Gasteiger partial charge < -0.3 is 24.4 Å². The highest BCUT2D eigenvalue weighted by molar-refractivity contribution is 7.80. The molecule has 0 unspecified atom stereocenters. The lowest BCUT2D eigenvalue weighted by Crippen LogP contribution is -2.33. The Kier molecular flexibility index (Phi) is 7.66. The number of anilines is 2. The Bertz CT molecular complexity index is 1560.